The number of para-hydroxylation sites is 2. The first kappa shape index (κ1) is 22.2. The number of rotatable bonds is 6. The number of carbonyl (C=O) groups excluding carboxylic acids is 1. The van der Waals surface area contributed by atoms with Gasteiger partial charge in [-0.2, -0.15) is 0 Å². The minimum Gasteiger partial charge on any atom is -0.440 e. The zero-order valence-corrected chi connectivity index (χ0v) is 20.6. The Hall–Kier alpha value is -4.31. The van der Waals surface area contributed by atoms with E-state index in [-0.39, 0.29) is 5.97 Å². The maximum atomic E-state index is 13.5. The van der Waals surface area contributed by atoms with Gasteiger partial charge in [0.25, 0.3) is 0 Å². The third-order valence-electron chi connectivity index (χ3n) is 7.56. The number of benzene rings is 3. The highest BCUT2D eigenvalue weighted by atomic mass is 16.6. The Morgan fingerprint density at radius 2 is 1.22 bits per heavy atom. The summed E-state index contributed by atoms with van der Waals surface area (Å²) in [6.45, 7) is 13.5. The Morgan fingerprint density at radius 3 is 1.75 bits per heavy atom. The first-order chi connectivity index (χ1) is 17.5. The molecule has 0 saturated heterocycles. The molecule has 5 aromatic rings. The summed E-state index contributed by atoms with van der Waals surface area (Å²) in [6, 6.07) is 24.5. The van der Waals surface area contributed by atoms with E-state index in [0.717, 1.165) is 49.9 Å². The first-order valence-electron chi connectivity index (χ1n) is 12.3. The van der Waals surface area contributed by atoms with E-state index in [1.807, 2.05) is 60.7 Å². The van der Waals surface area contributed by atoms with Gasteiger partial charge in [0.05, 0.1) is 5.56 Å². The molecule has 0 radical (unpaired) electrons. The SMILES string of the molecule is C=CCn1c(C)c(C2(c3c(C)n(CC=C)c4ccccc34)OC(=O)c3ccccc32)c2ccccc21. The number of carbonyl (C=O) groups is 1. The molecule has 0 fully saturated rings. The molecule has 1 aliphatic heterocycles. The van der Waals surface area contributed by atoms with Crippen molar-refractivity contribution in [3.63, 3.8) is 0 Å². The van der Waals surface area contributed by atoms with Crippen molar-refractivity contribution in [1.29, 1.82) is 0 Å². The maximum absolute atomic E-state index is 13.5. The van der Waals surface area contributed by atoms with Crippen LogP contribution in [0.25, 0.3) is 21.8 Å². The van der Waals surface area contributed by atoms with Crippen LogP contribution in [0.15, 0.2) is 98.1 Å². The number of ether oxygens (including phenoxy) is 1. The molecule has 3 heterocycles. The Bertz CT molecular complexity index is 1600. The topological polar surface area (TPSA) is 36.2 Å². The molecule has 4 heteroatoms. The molecule has 4 nitrogen and oxygen atoms in total. The van der Waals surface area contributed by atoms with Gasteiger partial charge in [0.15, 0.2) is 5.60 Å². The zero-order valence-electron chi connectivity index (χ0n) is 20.6. The summed E-state index contributed by atoms with van der Waals surface area (Å²) in [4.78, 5) is 13.5. The van der Waals surface area contributed by atoms with E-state index in [0.29, 0.717) is 18.7 Å². The Morgan fingerprint density at radius 1 is 0.750 bits per heavy atom. The number of allylic oxidation sites excluding steroid dienone is 2. The summed E-state index contributed by atoms with van der Waals surface area (Å²) in [5.41, 5.74) is 6.70. The highest BCUT2D eigenvalue weighted by Crippen LogP contribution is 2.53. The third kappa shape index (κ3) is 2.78. The van der Waals surface area contributed by atoms with E-state index < -0.39 is 5.60 Å². The van der Waals surface area contributed by atoms with E-state index >= 15 is 0 Å². The van der Waals surface area contributed by atoms with E-state index in [2.05, 4.69) is 60.4 Å². The van der Waals surface area contributed by atoms with E-state index in [1.165, 1.54) is 0 Å². The van der Waals surface area contributed by atoms with Crippen LogP contribution in [0.1, 0.15) is 38.4 Å². The number of aromatic nitrogens is 2. The smallest absolute Gasteiger partial charge is 0.340 e. The lowest BCUT2D eigenvalue weighted by Crippen LogP contribution is -2.31. The maximum Gasteiger partial charge on any atom is 0.340 e. The van der Waals surface area contributed by atoms with Gasteiger partial charge >= 0.3 is 5.97 Å². The van der Waals surface area contributed by atoms with Crippen molar-refractivity contribution in [3.05, 3.63) is 132 Å². The number of hydrogen-bond donors (Lipinski definition) is 0. The van der Waals surface area contributed by atoms with Gasteiger partial charge in [0, 0.05) is 63.0 Å². The fraction of sp³-hybridized carbons (Fsp3) is 0.156. The average molecular weight is 473 g/mol. The van der Waals surface area contributed by atoms with Crippen LogP contribution in [-0.2, 0) is 23.4 Å². The van der Waals surface area contributed by atoms with Crippen LogP contribution < -0.4 is 0 Å². The molecule has 0 spiro atoms. The van der Waals surface area contributed by atoms with Gasteiger partial charge in [-0.15, -0.1) is 13.2 Å². The predicted octanol–water partition coefficient (Wildman–Crippen LogP) is 7.05. The number of hydrogen-bond acceptors (Lipinski definition) is 2. The van der Waals surface area contributed by atoms with Gasteiger partial charge in [-0.25, -0.2) is 4.79 Å². The van der Waals surface area contributed by atoms with Crippen molar-refractivity contribution in [2.24, 2.45) is 0 Å². The van der Waals surface area contributed by atoms with Crippen molar-refractivity contribution in [2.45, 2.75) is 32.5 Å². The second kappa shape index (κ2) is 8.13. The van der Waals surface area contributed by atoms with Crippen LogP contribution in [0.3, 0.4) is 0 Å². The van der Waals surface area contributed by atoms with Gasteiger partial charge in [-0.05, 0) is 32.0 Å². The average Bonchev–Trinajstić information content (AvgIpc) is 3.46. The van der Waals surface area contributed by atoms with Gasteiger partial charge in [0.2, 0.25) is 0 Å². The monoisotopic (exact) mass is 472 g/mol. The molecule has 0 bridgehead atoms. The fourth-order valence-corrected chi connectivity index (χ4v) is 6.19. The largest absolute Gasteiger partial charge is 0.440 e. The molecule has 0 amide bonds. The number of fused-ring (bicyclic) bond motifs is 3. The van der Waals surface area contributed by atoms with E-state index in [9.17, 15) is 4.79 Å². The minimum atomic E-state index is -1.10. The molecule has 0 N–H and O–H groups in total. The Labute approximate surface area is 210 Å². The molecule has 3 aromatic carbocycles. The van der Waals surface area contributed by atoms with Crippen molar-refractivity contribution in [1.82, 2.24) is 9.13 Å². The predicted molar refractivity (Wildman–Crippen MR) is 145 cm³/mol. The van der Waals surface area contributed by atoms with Crippen LogP contribution in [0.2, 0.25) is 0 Å². The van der Waals surface area contributed by atoms with Crippen molar-refractivity contribution >= 4 is 27.8 Å². The Kier molecular flexibility index (Phi) is 5.01. The molecule has 0 saturated carbocycles. The summed E-state index contributed by atoms with van der Waals surface area (Å²) in [5.74, 6) is -0.300. The second-order valence-corrected chi connectivity index (χ2v) is 9.37. The van der Waals surface area contributed by atoms with Crippen molar-refractivity contribution in [2.75, 3.05) is 0 Å². The molecule has 2 aromatic heterocycles. The van der Waals surface area contributed by atoms with E-state index in [1.54, 1.807) is 0 Å². The van der Waals surface area contributed by atoms with Gasteiger partial charge < -0.3 is 13.9 Å². The van der Waals surface area contributed by atoms with Crippen LogP contribution in [-0.4, -0.2) is 15.1 Å². The molecule has 178 valence electrons. The number of cyclic esters (lactones) is 1. The van der Waals surface area contributed by atoms with Gasteiger partial charge in [-0.3, -0.25) is 0 Å². The van der Waals surface area contributed by atoms with Crippen molar-refractivity contribution in [3.8, 4) is 0 Å². The first-order valence-corrected chi connectivity index (χ1v) is 12.3. The third-order valence-corrected chi connectivity index (χ3v) is 7.56. The molecular formula is C32H28N2O2. The van der Waals surface area contributed by atoms with Gasteiger partial charge in [-0.1, -0.05) is 66.7 Å². The second-order valence-electron chi connectivity index (χ2n) is 9.37. The molecule has 6 rings (SSSR count). The Balaban J connectivity index is 1.85. The normalized spacial score (nSPS) is 14.2. The fourth-order valence-electron chi connectivity index (χ4n) is 6.19. The zero-order chi connectivity index (χ0) is 25.0. The van der Waals surface area contributed by atoms with Crippen molar-refractivity contribution < 1.29 is 9.53 Å². The number of esters is 1. The minimum absolute atomic E-state index is 0.300. The lowest BCUT2D eigenvalue weighted by atomic mass is 9.77. The highest BCUT2D eigenvalue weighted by molar-refractivity contribution is 6.01. The summed E-state index contributed by atoms with van der Waals surface area (Å²) in [6.07, 6.45) is 3.82. The van der Waals surface area contributed by atoms with Crippen LogP contribution in [0.5, 0.6) is 0 Å². The number of nitrogens with zero attached hydrogens (tertiary/aromatic N) is 2. The van der Waals surface area contributed by atoms with Crippen LogP contribution >= 0.6 is 0 Å². The molecule has 0 atom stereocenters. The lowest BCUT2D eigenvalue weighted by Gasteiger charge is -2.31. The summed E-state index contributed by atoms with van der Waals surface area (Å²) in [7, 11) is 0. The summed E-state index contributed by atoms with van der Waals surface area (Å²) < 4.78 is 11.1. The molecular weight excluding hydrogens is 444 g/mol. The molecule has 0 unspecified atom stereocenters. The van der Waals surface area contributed by atoms with Gasteiger partial charge in [0.1, 0.15) is 0 Å². The highest BCUT2D eigenvalue weighted by Gasteiger charge is 2.53. The quantitative estimate of drug-likeness (QED) is 0.196. The molecule has 0 aliphatic carbocycles. The summed E-state index contributed by atoms with van der Waals surface area (Å²) >= 11 is 0. The van der Waals surface area contributed by atoms with Crippen LogP contribution in [0.4, 0.5) is 0 Å². The van der Waals surface area contributed by atoms with E-state index in [4.69, 9.17) is 4.74 Å². The van der Waals surface area contributed by atoms with Crippen LogP contribution in [0, 0.1) is 13.8 Å². The standard InChI is InChI=1S/C32H28N2O2/c1-5-19-33-21(3)29(24-14-8-11-17-27(24)33)32(26-16-10-7-13-23(26)31(35)36-32)30-22(4)34(20-6-2)28-18-12-9-15-25(28)30/h5-18H,1-2,19-20H2,3-4H3. The summed E-state index contributed by atoms with van der Waals surface area (Å²) in [5, 5.41) is 2.14. The molecule has 36 heavy (non-hydrogen) atoms. The molecule has 1 aliphatic rings. The lowest BCUT2D eigenvalue weighted by molar-refractivity contribution is 0.0255.